The van der Waals surface area contributed by atoms with Crippen molar-refractivity contribution in [3.05, 3.63) is 47.7 Å². The van der Waals surface area contributed by atoms with E-state index in [9.17, 15) is 0 Å². The van der Waals surface area contributed by atoms with Crippen LogP contribution in [0, 0.1) is 0 Å². The second kappa shape index (κ2) is 5.04. The Kier molecular flexibility index (Phi) is 3.25. The highest BCUT2D eigenvalue weighted by Gasteiger charge is 2.04. The summed E-state index contributed by atoms with van der Waals surface area (Å²) in [5, 5.41) is 5.48. The van der Waals surface area contributed by atoms with Gasteiger partial charge in [0.2, 0.25) is 0 Å². The molecular formula is C13H13N3S2. The number of rotatable bonds is 4. The number of nitrogens with one attached hydrogen (secondary N) is 1. The Labute approximate surface area is 114 Å². The Morgan fingerprint density at radius 1 is 1.39 bits per heavy atom. The number of anilines is 1. The molecule has 92 valence electrons. The van der Waals surface area contributed by atoms with Gasteiger partial charge in [-0.3, -0.25) is 4.40 Å². The van der Waals surface area contributed by atoms with Gasteiger partial charge < -0.3 is 5.32 Å². The van der Waals surface area contributed by atoms with Crippen LogP contribution in [0.1, 0.15) is 5.69 Å². The van der Waals surface area contributed by atoms with Crippen molar-refractivity contribution in [3.8, 4) is 0 Å². The van der Waals surface area contributed by atoms with E-state index >= 15 is 0 Å². The monoisotopic (exact) mass is 275 g/mol. The van der Waals surface area contributed by atoms with Gasteiger partial charge in [-0.25, -0.2) is 4.98 Å². The highest BCUT2D eigenvalue weighted by Crippen LogP contribution is 2.25. The fraction of sp³-hybridized carbons (Fsp3) is 0.154. The minimum Gasteiger partial charge on any atom is -0.378 e. The summed E-state index contributed by atoms with van der Waals surface area (Å²) in [5.41, 5.74) is 2.24. The maximum absolute atomic E-state index is 4.56. The van der Waals surface area contributed by atoms with E-state index in [1.54, 1.807) is 23.1 Å². The van der Waals surface area contributed by atoms with Crippen molar-refractivity contribution in [1.82, 2.24) is 9.38 Å². The summed E-state index contributed by atoms with van der Waals surface area (Å²) in [6, 6.07) is 8.33. The molecule has 3 nitrogen and oxygen atoms in total. The van der Waals surface area contributed by atoms with Gasteiger partial charge in [0.15, 0.2) is 4.96 Å². The predicted molar refractivity (Wildman–Crippen MR) is 78.6 cm³/mol. The maximum atomic E-state index is 4.56. The topological polar surface area (TPSA) is 29.3 Å². The summed E-state index contributed by atoms with van der Waals surface area (Å²) in [7, 11) is 0. The van der Waals surface area contributed by atoms with Crippen LogP contribution in [0.15, 0.2) is 46.9 Å². The normalized spacial score (nSPS) is 10.9. The number of nitrogens with zero attached hydrogens (tertiary/aromatic N) is 2. The van der Waals surface area contributed by atoms with Crippen molar-refractivity contribution in [2.24, 2.45) is 0 Å². The molecule has 0 radical (unpaired) electrons. The van der Waals surface area contributed by atoms with Gasteiger partial charge in [-0.1, -0.05) is 12.1 Å². The molecule has 0 atom stereocenters. The van der Waals surface area contributed by atoms with Gasteiger partial charge in [0, 0.05) is 28.4 Å². The molecule has 3 rings (SSSR count). The van der Waals surface area contributed by atoms with Crippen LogP contribution < -0.4 is 5.32 Å². The van der Waals surface area contributed by atoms with Crippen LogP contribution in [-0.2, 0) is 6.54 Å². The molecule has 2 aromatic heterocycles. The van der Waals surface area contributed by atoms with Crippen molar-refractivity contribution in [2.75, 3.05) is 11.6 Å². The summed E-state index contributed by atoms with van der Waals surface area (Å²) in [6.45, 7) is 0.756. The van der Waals surface area contributed by atoms with Crippen LogP contribution in [-0.4, -0.2) is 15.6 Å². The van der Waals surface area contributed by atoms with Crippen molar-refractivity contribution < 1.29 is 0 Å². The first-order valence-corrected chi connectivity index (χ1v) is 7.75. The Balaban J connectivity index is 1.76. The highest BCUT2D eigenvalue weighted by molar-refractivity contribution is 7.98. The van der Waals surface area contributed by atoms with Gasteiger partial charge in [0.05, 0.1) is 12.2 Å². The molecule has 0 saturated heterocycles. The summed E-state index contributed by atoms with van der Waals surface area (Å²) >= 11 is 3.41. The third kappa shape index (κ3) is 2.23. The summed E-state index contributed by atoms with van der Waals surface area (Å²) < 4.78 is 2.06. The molecule has 0 aliphatic rings. The van der Waals surface area contributed by atoms with E-state index in [4.69, 9.17) is 0 Å². The molecule has 5 heteroatoms. The number of para-hydroxylation sites is 1. The molecule has 0 fully saturated rings. The minimum atomic E-state index is 0.756. The Morgan fingerprint density at radius 3 is 3.11 bits per heavy atom. The number of imidazole rings is 1. The number of hydrogen-bond acceptors (Lipinski definition) is 4. The molecule has 0 aliphatic heterocycles. The summed E-state index contributed by atoms with van der Waals surface area (Å²) in [5.74, 6) is 0. The van der Waals surface area contributed by atoms with Crippen LogP contribution in [0.5, 0.6) is 0 Å². The van der Waals surface area contributed by atoms with Crippen molar-refractivity contribution >= 4 is 33.7 Å². The smallest absolute Gasteiger partial charge is 0.193 e. The van der Waals surface area contributed by atoms with Gasteiger partial charge in [-0.05, 0) is 18.4 Å². The molecule has 18 heavy (non-hydrogen) atoms. The molecule has 0 unspecified atom stereocenters. The predicted octanol–water partition coefficient (Wildman–Crippen LogP) is 3.73. The molecule has 2 heterocycles. The molecule has 1 N–H and O–H groups in total. The molecular weight excluding hydrogens is 262 g/mol. The van der Waals surface area contributed by atoms with Crippen molar-refractivity contribution in [2.45, 2.75) is 11.4 Å². The zero-order valence-electron chi connectivity index (χ0n) is 9.96. The zero-order valence-corrected chi connectivity index (χ0v) is 11.6. The lowest BCUT2D eigenvalue weighted by atomic mass is 10.3. The van der Waals surface area contributed by atoms with E-state index in [0.717, 1.165) is 17.2 Å². The maximum Gasteiger partial charge on any atom is 0.193 e. The largest absolute Gasteiger partial charge is 0.378 e. The van der Waals surface area contributed by atoms with Gasteiger partial charge in [-0.15, -0.1) is 23.1 Å². The molecule has 0 aliphatic carbocycles. The third-order valence-corrected chi connectivity index (χ3v) is 4.28. The van der Waals surface area contributed by atoms with Crippen LogP contribution in [0.25, 0.3) is 4.96 Å². The first-order valence-electron chi connectivity index (χ1n) is 5.65. The summed E-state index contributed by atoms with van der Waals surface area (Å²) in [6.07, 6.45) is 6.19. The average molecular weight is 275 g/mol. The van der Waals surface area contributed by atoms with Crippen molar-refractivity contribution in [3.63, 3.8) is 0 Å². The summed E-state index contributed by atoms with van der Waals surface area (Å²) in [4.78, 5) is 6.86. The highest BCUT2D eigenvalue weighted by atomic mass is 32.2. The van der Waals surface area contributed by atoms with Gasteiger partial charge in [0.25, 0.3) is 0 Å². The van der Waals surface area contributed by atoms with Crippen LogP contribution in [0.4, 0.5) is 5.69 Å². The lowest BCUT2D eigenvalue weighted by Crippen LogP contribution is -2.00. The lowest BCUT2D eigenvalue weighted by molar-refractivity contribution is 1.07. The fourth-order valence-electron chi connectivity index (χ4n) is 1.84. The average Bonchev–Trinajstić information content (AvgIpc) is 2.97. The van der Waals surface area contributed by atoms with Gasteiger partial charge >= 0.3 is 0 Å². The van der Waals surface area contributed by atoms with E-state index in [1.807, 2.05) is 17.6 Å². The second-order valence-electron chi connectivity index (χ2n) is 3.88. The quantitative estimate of drug-likeness (QED) is 0.736. The lowest BCUT2D eigenvalue weighted by Gasteiger charge is -2.08. The third-order valence-electron chi connectivity index (χ3n) is 2.71. The number of benzene rings is 1. The van der Waals surface area contributed by atoms with Gasteiger partial charge in [-0.2, -0.15) is 0 Å². The van der Waals surface area contributed by atoms with E-state index in [-0.39, 0.29) is 0 Å². The van der Waals surface area contributed by atoms with Crippen LogP contribution in [0.3, 0.4) is 0 Å². The number of thioether (sulfide) groups is 1. The standard InChI is InChI=1S/C13H13N3S2/c1-17-12-5-3-2-4-11(12)14-8-10-9-16-6-7-18-13(16)15-10/h2-7,9,14H,8H2,1H3. The second-order valence-corrected chi connectivity index (χ2v) is 5.60. The number of fused-ring (bicyclic) bond motifs is 1. The molecule has 1 aromatic carbocycles. The van der Waals surface area contributed by atoms with E-state index < -0.39 is 0 Å². The fourth-order valence-corrected chi connectivity index (χ4v) is 3.13. The Hall–Kier alpha value is -1.46. The SMILES string of the molecule is CSc1ccccc1NCc1cn2ccsc2n1. The Bertz CT molecular complexity index is 628. The molecule has 0 amide bonds. The molecule has 0 saturated carbocycles. The van der Waals surface area contributed by atoms with E-state index in [1.165, 1.54) is 10.6 Å². The molecule has 3 aromatic rings. The zero-order chi connectivity index (χ0) is 12.4. The molecule has 0 bridgehead atoms. The van der Waals surface area contributed by atoms with Crippen molar-refractivity contribution in [1.29, 1.82) is 0 Å². The Morgan fingerprint density at radius 2 is 2.28 bits per heavy atom. The van der Waals surface area contributed by atoms with E-state index in [2.05, 4.69) is 45.4 Å². The number of hydrogen-bond donors (Lipinski definition) is 1. The van der Waals surface area contributed by atoms with E-state index in [0.29, 0.717) is 0 Å². The first kappa shape index (κ1) is 11.6. The number of aromatic nitrogens is 2. The minimum absolute atomic E-state index is 0.756. The first-order chi connectivity index (χ1) is 8.86. The van der Waals surface area contributed by atoms with Gasteiger partial charge in [0.1, 0.15) is 0 Å². The van der Waals surface area contributed by atoms with Crippen LogP contribution >= 0.6 is 23.1 Å². The number of thiazole rings is 1. The molecule has 0 spiro atoms. The van der Waals surface area contributed by atoms with Crippen LogP contribution in [0.2, 0.25) is 0 Å².